The smallest absolute Gasteiger partial charge is 0.241 e. The average molecular weight is 383 g/mol. The summed E-state index contributed by atoms with van der Waals surface area (Å²) in [5, 5.41) is 2.82. The summed E-state index contributed by atoms with van der Waals surface area (Å²) in [6.07, 6.45) is 0. The van der Waals surface area contributed by atoms with Crippen LogP contribution < -0.4 is 10.1 Å². The Hall–Kier alpha value is -2.18. The minimum absolute atomic E-state index is 0.130. The number of halogens is 3. The molecule has 7 heteroatoms. The van der Waals surface area contributed by atoms with E-state index in [0.29, 0.717) is 18.8 Å². The summed E-state index contributed by atoms with van der Waals surface area (Å²) in [6, 6.07) is 7.99. The van der Waals surface area contributed by atoms with Crippen LogP contribution in [0.5, 0.6) is 5.75 Å². The molecule has 0 radical (unpaired) electrons. The Kier molecular flexibility index (Phi) is 6.94. The van der Waals surface area contributed by atoms with Gasteiger partial charge in [-0.2, -0.15) is 0 Å². The highest BCUT2D eigenvalue weighted by Gasteiger charge is 2.21. The third-order valence-electron chi connectivity index (χ3n) is 4.12. The van der Waals surface area contributed by atoms with Crippen LogP contribution in [0.4, 0.5) is 14.5 Å². The van der Waals surface area contributed by atoms with Crippen molar-refractivity contribution >= 4 is 23.2 Å². The number of anilines is 1. The Bertz CT molecular complexity index is 786. The van der Waals surface area contributed by atoms with Gasteiger partial charge >= 0.3 is 0 Å². The minimum Gasteiger partial charge on any atom is -0.494 e. The first-order chi connectivity index (χ1) is 12.3. The molecule has 2 aromatic rings. The first kappa shape index (κ1) is 20.1. The fraction of sp³-hybridized carbons (Fsp3) is 0.316. The monoisotopic (exact) mass is 382 g/mol. The van der Waals surface area contributed by atoms with Gasteiger partial charge in [-0.25, -0.2) is 8.78 Å². The zero-order valence-corrected chi connectivity index (χ0v) is 15.6. The molecule has 0 saturated carbocycles. The topological polar surface area (TPSA) is 41.6 Å². The molecule has 2 rings (SSSR count). The van der Waals surface area contributed by atoms with Crippen LogP contribution in [-0.4, -0.2) is 30.5 Å². The number of hydrogen-bond donors (Lipinski definition) is 1. The maximum absolute atomic E-state index is 13.9. The highest BCUT2D eigenvalue weighted by atomic mass is 35.5. The van der Waals surface area contributed by atoms with Crippen molar-refractivity contribution in [3.05, 3.63) is 58.6 Å². The van der Waals surface area contributed by atoms with Gasteiger partial charge in [-0.1, -0.05) is 24.6 Å². The lowest BCUT2D eigenvalue weighted by Gasteiger charge is -2.27. The number of benzene rings is 2. The molecule has 1 amide bonds. The first-order valence-corrected chi connectivity index (χ1v) is 8.55. The van der Waals surface area contributed by atoms with Gasteiger partial charge in [0.15, 0.2) is 11.6 Å². The second kappa shape index (κ2) is 8.96. The molecule has 1 N–H and O–H groups in total. The largest absolute Gasteiger partial charge is 0.494 e. The molecule has 0 spiro atoms. The molecule has 4 nitrogen and oxygen atoms in total. The minimum atomic E-state index is -0.494. The molecule has 26 heavy (non-hydrogen) atoms. The van der Waals surface area contributed by atoms with Crippen molar-refractivity contribution in [2.75, 3.05) is 19.0 Å². The van der Waals surface area contributed by atoms with Crippen LogP contribution in [0.25, 0.3) is 0 Å². The van der Waals surface area contributed by atoms with Gasteiger partial charge in [0.05, 0.1) is 23.9 Å². The average Bonchev–Trinajstić information content (AvgIpc) is 2.61. The number of carbonyl (C=O) groups is 1. The Morgan fingerprint density at radius 2 is 2.00 bits per heavy atom. The summed E-state index contributed by atoms with van der Waals surface area (Å²) in [6.45, 7) is 4.63. The van der Waals surface area contributed by atoms with E-state index < -0.39 is 17.7 Å². The molecule has 0 aliphatic heterocycles. The van der Waals surface area contributed by atoms with Gasteiger partial charge in [0.1, 0.15) is 5.82 Å². The van der Waals surface area contributed by atoms with E-state index in [1.165, 1.54) is 25.3 Å². The van der Waals surface area contributed by atoms with Crippen LogP contribution in [0.15, 0.2) is 36.4 Å². The molecular weight excluding hydrogens is 362 g/mol. The summed E-state index contributed by atoms with van der Waals surface area (Å²) in [4.78, 5) is 14.4. The molecule has 0 unspecified atom stereocenters. The number of likely N-dealkylation sites (N-methyl/N-ethyl adjacent to an activating group) is 1. The van der Waals surface area contributed by atoms with Crippen molar-refractivity contribution in [2.45, 2.75) is 26.4 Å². The standard InChI is InChI=1S/C19H21ClF2N2O2/c1-4-24(11-13-5-8-18(26-3)16(22)9-13)12(2)19(25)23-17-7-6-14(21)10-15(17)20/h5-10,12H,4,11H2,1-3H3,(H,23,25)/t12-/m0/s1. The number of nitrogens with zero attached hydrogens (tertiary/aromatic N) is 1. The molecule has 0 aliphatic rings. The molecule has 140 valence electrons. The highest BCUT2D eigenvalue weighted by molar-refractivity contribution is 6.33. The van der Waals surface area contributed by atoms with E-state index in [9.17, 15) is 13.6 Å². The molecule has 1 atom stereocenters. The maximum atomic E-state index is 13.9. The number of nitrogens with one attached hydrogen (secondary N) is 1. The van der Waals surface area contributed by atoms with Crippen LogP contribution in [0.3, 0.4) is 0 Å². The maximum Gasteiger partial charge on any atom is 0.241 e. The van der Waals surface area contributed by atoms with Crippen molar-refractivity contribution in [1.82, 2.24) is 4.90 Å². The van der Waals surface area contributed by atoms with Crippen LogP contribution in [-0.2, 0) is 11.3 Å². The molecule has 0 heterocycles. The molecule has 0 saturated heterocycles. The number of amides is 1. The Morgan fingerprint density at radius 3 is 2.58 bits per heavy atom. The first-order valence-electron chi connectivity index (χ1n) is 8.18. The predicted molar refractivity (Wildman–Crippen MR) is 98.5 cm³/mol. The summed E-state index contributed by atoms with van der Waals surface area (Å²) in [7, 11) is 1.41. The third kappa shape index (κ3) is 4.93. The molecule has 2 aromatic carbocycles. The van der Waals surface area contributed by atoms with Crippen LogP contribution in [0.1, 0.15) is 19.4 Å². The van der Waals surface area contributed by atoms with Gasteiger partial charge in [0, 0.05) is 6.54 Å². The second-order valence-electron chi connectivity index (χ2n) is 5.82. The number of hydrogen-bond acceptors (Lipinski definition) is 3. The lowest BCUT2D eigenvalue weighted by atomic mass is 10.1. The van der Waals surface area contributed by atoms with E-state index in [-0.39, 0.29) is 16.7 Å². The number of ether oxygens (including phenoxy) is 1. The van der Waals surface area contributed by atoms with E-state index in [1.54, 1.807) is 19.1 Å². The Labute approximate surface area is 156 Å². The van der Waals surface area contributed by atoms with Gasteiger partial charge in [-0.05, 0) is 49.4 Å². The van der Waals surface area contributed by atoms with Crippen molar-refractivity contribution in [2.24, 2.45) is 0 Å². The molecule has 0 aliphatic carbocycles. The highest BCUT2D eigenvalue weighted by Crippen LogP contribution is 2.23. The van der Waals surface area contributed by atoms with Gasteiger partial charge in [-0.3, -0.25) is 9.69 Å². The molecule has 0 fully saturated rings. The van der Waals surface area contributed by atoms with Gasteiger partial charge in [-0.15, -0.1) is 0 Å². The van der Waals surface area contributed by atoms with E-state index in [1.807, 2.05) is 11.8 Å². The third-order valence-corrected chi connectivity index (χ3v) is 4.44. The summed E-state index contributed by atoms with van der Waals surface area (Å²) in [5.41, 5.74) is 1.07. The Balaban J connectivity index is 2.08. The fourth-order valence-electron chi connectivity index (χ4n) is 2.56. The van der Waals surface area contributed by atoms with Crippen LogP contribution >= 0.6 is 11.6 Å². The zero-order chi connectivity index (χ0) is 19.3. The van der Waals surface area contributed by atoms with Crippen LogP contribution in [0.2, 0.25) is 5.02 Å². The number of carbonyl (C=O) groups excluding carboxylic acids is 1. The lowest BCUT2D eigenvalue weighted by molar-refractivity contribution is -0.120. The SMILES string of the molecule is CCN(Cc1ccc(OC)c(F)c1)[C@@H](C)C(=O)Nc1ccc(F)cc1Cl. The molecule has 0 bridgehead atoms. The lowest BCUT2D eigenvalue weighted by Crippen LogP contribution is -2.41. The fourth-order valence-corrected chi connectivity index (χ4v) is 2.77. The van der Waals surface area contributed by atoms with Crippen molar-refractivity contribution in [3.8, 4) is 5.75 Å². The summed E-state index contributed by atoms with van der Waals surface area (Å²) < 4.78 is 31.9. The van der Waals surface area contributed by atoms with Crippen LogP contribution in [0, 0.1) is 11.6 Å². The second-order valence-corrected chi connectivity index (χ2v) is 6.23. The normalized spacial score (nSPS) is 12.1. The predicted octanol–water partition coefficient (Wildman–Crippen LogP) is 4.48. The van der Waals surface area contributed by atoms with Gasteiger partial charge in [0.2, 0.25) is 5.91 Å². The van der Waals surface area contributed by atoms with E-state index in [2.05, 4.69) is 5.32 Å². The molecular formula is C19H21ClF2N2O2. The summed E-state index contributed by atoms with van der Waals surface area (Å²) >= 11 is 5.95. The van der Waals surface area contributed by atoms with Gasteiger partial charge in [0.25, 0.3) is 0 Å². The van der Waals surface area contributed by atoms with E-state index >= 15 is 0 Å². The summed E-state index contributed by atoms with van der Waals surface area (Å²) in [5.74, 6) is -1.03. The zero-order valence-electron chi connectivity index (χ0n) is 14.9. The Morgan fingerprint density at radius 1 is 1.27 bits per heavy atom. The quantitative estimate of drug-likeness (QED) is 0.767. The van der Waals surface area contributed by atoms with E-state index in [4.69, 9.17) is 16.3 Å². The van der Waals surface area contributed by atoms with Crippen molar-refractivity contribution in [1.29, 1.82) is 0 Å². The van der Waals surface area contributed by atoms with Gasteiger partial charge < -0.3 is 10.1 Å². The van der Waals surface area contributed by atoms with Crippen molar-refractivity contribution in [3.63, 3.8) is 0 Å². The number of methoxy groups -OCH3 is 1. The van der Waals surface area contributed by atoms with E-state index in [0.717, 1.165) is 11.6 Å². The molecule has 0 aromatic heterocycles. The van der Waals surface area contributed by atoms with Crippen molar-refractivity contribution < 1.29 is 18.3 Å². The number of rotatable bonds is 7.